The van der Waals surface area contributed by atoms with Crippen LogP contribution in [0, 0.1) is 0 Å². The molecule has 0 aliphatic carbocycles. The van der Waals surface area contributed by atoms with Crippen molar-refractivity contribution >= 4 is 18.3 Å². The zero-order valence-electron chi connectivity index (χ0n) is 35.0. The van der Waals surface area contributed by atoms with Gasteiger partial charge in [-0.15, -0.1) is 0 Å². The first-order chi connectivity index (χ1) is 24.3. The molecule has 0 fully saturated rings. The highest BCUT2D eigenvalue weighted by atomic mass is 16.6. The highest BCUT2D eigenvalue weighted by Crippen LogP contribution is 2.23. The first-order valence-electron chi connectivity index (χ1n) is 20.3. The minimum Gasteiger partial charge on any atom is -0.444 e. The number of carbonyl (C=O) groups excluding carboxylic acids is 3. The third kappa shape index (κ3) is 32.1. The van der Waals surface area contributed by atoms with Crippen molar-refractivity contribution in [2.24, 2.45) is 0 Å². The smallest absolute Gasteiger partial charge is 0.408 e. The number of amides is 3. The fraction of sp³-hybridized carbons (Fsp3) is 0.878. The predicted molar refractivity (Wildman–Crippen MR) is 213 cm³/mol. The van der Waals surface area contributed by atoms with Crippen molar-refractivity contribution < 1.29 is 33.7 Å². The lowest BCUT2D eigenvalue weighted by Gasteiger charge is -2.34. The lowest BCUT2D eigenvalue weighted by atomic mass is 9.87. The first-order valence-corrected chi connectivity index (χ1v) is 20.3. The van der Waals surface area contributed by atoms with Gasteiger partial charge in [0.2, 0.25) is 0 Å². The van der Waals surface area contributed by atoms with Crippen molar-refractivity contribution in [3.8, 4) is 0 Å². The molecule has 306 valence electrons. The van der Waals surface area contributed by atoms with Crippen molar-refractivity contribution in [1.82, 2.24) is 21.3 Å². The van der Waals surface area contributed by atoms with Crippen molar-refractivity contribution in [2.75, 3.05) is 26.2 Å². The van der Waals surface area contributed by atoms with E-state index in [4.69, 9.17) is 14.2 Å². The van der Waals surface area contributed by atoms with Crippen LogP contribution in [0.15, 0.2) is 12.2 Å². The number of aliphatic hydroxyl groups excluding tert-OH is 1. The van der Waals surface area contributed by atoms with Gasteiger partial charge in [-0.1, -0.05) is 96.1 Å². The van der Waals surface area contributed by atoms with E-state index >= 15 is 0 Å². The molecule has 0 aromatic rings. The van der Waals surface area contributed by atoms with E-state index in [0.29, 0.717) is 51.9 Å². The van der Waals surface area contributed by atoms with Gasteiger partial charge in [-0.05, 0) is 94.4 Å². The van der Waals surface area contributed by atoms with Crippen LogP contribution in [0.1, 0.15) is 178 Å². The topological polar surface area (TPSA) is 147 Å². The molecule has 0 bridgehead atoms. The van der Waals surface area contributed by atoms with Crippen LogP contribution in [0.4, 0.5) is 14.4 Å². The molecule has 0 spiro atoms. The summed E-state index contributed by atoms with van der Waals surface area (Å²) < 4.78 is 16.4. The molecule has 52 heavy (non-hydrogen) atoms. The zero-order chi connectivity index (χ0) is 39.5. The molecule has 1 unspecified atom stereocenters. The maximum Gasteiger partial charge on any atom is 0.408 e. The highest BCUT2D eigenvalue weighted by Gasteiger charge is 2.31. The van der Waals surface area contributed by atoms with Gasteiger partial charge in [-0.3, -0.25) is 0 Å². The van der Waals surface area contributed by atoms with Crippen LogP contribution in [0.2, 0.25) is 0 Å². The molecular formula is C41H80N4O7. The van der Waals surface area contributed by atoms with E-state index in [1.807, 2.05) is 74.5 Å². The molecule has 11 nitrogen and oxygen atoms in total. The molecule has 0 aliphatic rings. The van der Waals surface area contributed by atoms with Crippen molar-refractivity contribution in [2.45, 2.75) is 207 Å². The molecule has 11 heteroatoms. The third-order valence-electron chi connectivity index (χ3n) is 8.16. The molecule has 0 rings (SSSR count). The van der Waals surface area contributed by atoms with Gasteiger partial charge in [0.15, 0.2) is 0 Å². The summed E-state index contributed by atoms with van der Waals surface area (Å²) in [6.07, 6.45) is 20.3. The Balaban J connectivity index is 5.18. The van der Waals surface area contributed by atoms with Crippen LogP contribution in [-0.4, -0.2) is 78.0 Å². The highest BCUT2D eigenvalue weighted by molar-refractivity contribution is 5.69. The van der Waals surface area contributed by atoms with E-state index in [1.165, 1.54) is 64.2 Å². The van der Waals surface area contributed by atoms with Crippen molar-refractivity contribution in [3.05, 3.63) is 12.2 Å². The second-order valence-electron chi connectivity index (χ2n) is 17.2. The summed E-state index contributed by atoms with van der Waals surface area (Å²) in [6, 6.07) is 0. The number of hydrogen-bond acceptors (Lipinski definition) is 8. The molecule has 3 amide bonds. The van der Waals surface area contributed by atoms with E-state index in [2.05, 4.69) is 28.2 Å². The quantitative estimate of drug-likeness (QED) is 0.0318. The van der Waals surface area contributed by atoms with Gasteiger partial charge < -0.3 is 40.6 Å². The van der Waals surface area contributed by atoms with E-state index in [-0.39, 0.29) is 0 Å². The second kappa shape index (κ2) is 27.1. The summed E-state index contributed by atoms with van der Waals surface area (Å²) in [6.45, 7) is 20.2. The average molecular weight is 741 g/mol. The van der Waals surface area contributed by atoms with Crippen LogP contribution in [-0.2, 0) is 14.2 Å². The number of hydrogen-bond donors (Lipinski definition) is 5. The summed E-state index contributed by atoms with van der Waals surface area (Å²) >= 11 is 0. The number of aliphatic hydroxyl groups is 1. The Hall–Kier alpha value is -2.53. The van der Waals surface area contributed by atoms with E-state index in [1.54, 1.807) is 0 Å². The van der Waals surface area contributed by atoms with Crippen LogP contribution in [0.3, 0.4) is 0 Å². The molecule has 0 heterocycles. The minimum atomic E-state index is -0.830. The molecule has 1 atom stereocenters. The number of unbranched alkanes of at least 4 members (excludes halogenated alkanes) is 11. The maximum atomic E-state index is 13.1. The van der Waals surface area contributed by atoms with Gasteiger partial charge in [-0.2, -0.15) is 0 Å². The number of nitrogens with one attached hydrogen (secondary N) is 4. The number of ether oxygens (including phenoxy) is 3. The normalized spacial score (nSPS) is 13.1. The molecule has 0 radical (unpaired) electrons. The van der Waals surface area contributed by atoms with Crippen LogP contribution >= 0.6 is 0 Å². The largest absolute Gasteiger partial charge is 0.444 e. The van der Waals surface area contributed by atoms with Gasteiger partial charge in [-0.25, -0.2) is 14.4 Å². The lowest BCUT2D eigenvalue weighted by Crippen LogP contribution is -2.49. The molecule has 0 aliphatic heterocycles. The van der Waals surface area contributed by atoms with E-state index < -0.39 is 46.7 Å². The standard InChI is InChI=1S/C41H80N4O7/c1-11-12-13-14-15-16-17-18-19-20-21-22-26-34(46)33-42-30-23-27-41(45-37(49)52-40(8,9)10,28-24-31-43-35(47)50-38(2,3)4)29-25-32-44-36(48)51-39(5,6)7/h23,27,34,42,46H,11-22,24-26,28-33H2,1-10H3,(H,43,47)(H,44,48)(H,45,49)/b27-23+. The van der Waals surface area contributed by atoms with Gasteiger partial charge in [0.1, 0.15) is 16.8 Å². The Morgan fingerprint density at radius 3 is 1.42 bits per heavy atom. The monoisotopic (exact) mass is 741 g/mol. The zero-order valence-corrected chi connectivity index (χ0v) is 35.0. The van der Waals surface area contributed by atoms with Crippen LogP contribution in [0.25, 0.3) is 0 Å². The number of rotatable bonds is 27. The Kier molecular flexibility index (Phi) is 25.8. The average Bonchev–Trinajstić information content (AvgIpc) is 2.99. The Labute approximate surface area is 317 Å². The molecule has 5 N–H and O–H groups in total. The third-order valence-corrected chi connectivity index (χ3v) is 8.16. The van der Waals surface area contributed by atoms with E-state index in [0.717, 1.165) is 19.3 Å². The fourth-order valence-corrected chi connectivity index (χ4v) is 5.72. The Morgan fingerprint density at radius 2 is 1.00 bits per heavy atom. The van der Waals surface area contributed by atoms with Crippen molar-refractivity contribution in [1.29, 1.82) is 0 Å². The van der Waals surface area contributed by atoms with Crippen LogP contribution in [0.5, 0.6) is 0 Å². The van der Waals surface area contributed by atoms with Gasteiger partial charge >= 0.3 is 18.3 Å². The summed E-state index contributed by atoms with van der Waals surface area (Å²) in [5.41, 5.74) is -2.74. The second-order valence-corrected chi connectivity index (χ2v) is 17.2. The number of carbonyl (C=O) groups is 3. The van der Waals surface area contributed by atoms with Gasteiger partial charge in [0, 0.05) is 26.2 Å². The number of alkyl carbamates (subject to hydrolysis) is 3. The van der Waals surface area contributed by atoms with Crippen LogP contribution < -0.4 is 21.3 Å². The summed E-state index contributed by atoms with van der Waals surface area (Å²) in [4.78, 5) is 37.6. The molecule has 0 aromatic carbocycles. The Morgan fingerprint density at radius 1 is 0.596 bits per heavy atom. The van der Waals surface area contributed by atoms with Gasteiger partial charge in [0.25, 0.3) is 0 Å². The predicted octanol–water partition coefficient (Wildman–Crippen LogP) is 9.46. The van der Waals surface area contributed by atoms with E-state index in [9.17, 15) is 19.5 Å². The maximum absolute atomic E-state index is 13.1. The van der Waals surface area contributed by atoms with Crippen molar-refractivity contribution in [3.63, 3.8) is 0 Å². The molecular weight excluding hydrogens is 660 g/mol. The summed E-state index contributed by atoms with van der Waals surface area (Å²) in [7, 11) is 0. The summed E-state index contributed by atoms with van der Waals surface area (Å²) in [5, 5.41) is 22.6. The molecule has 0 saturated heterocycles. The molecule has 0 aromatic heterocycles. The fourth-order valence-electron chi connectivity index (χ4n) is 5.72. The SMILES string of the molecule is CCCCCCCCCCCCCCC(O)CNC/C=C/C(CCCNC(=O)OC(C)(C)C)(CCCNC(=O)OC(C)(C)C)NC(=O)OC(C)(C)C. The Bertz CT molecular complexity index is 947. The van der Waals surface area contributed by atoms with Gasteiger partial charge in [0.05, 0.1) is 11.6 Å². The summed E-state index contributed by atoms with van der Waals surface area (Å²) in [5.74, 6) is 0. The lowest BCUT2D eigenvalue weighted by molar-refractivity contribution is 0.0450. The minimum absolute atomic E-state index is 0.347. The first kappa shape index (κ1) is 49.5. The molecule has 0 saturated carbocycles.